The number of benzene rings is 3. The lowest BCUT2D eigenvalue weighted by molar-refractivity contribution is -0.116. The molecule has 206 valence electrons. The molecule has 3 N–H and O–H groups in total. The molecular weight excluding hydrogens is 494 g/mol. The van der Waals surface area contributed by atoms with Gasteiger partial charge in [0, 0.05) is 25.1 Å². The SMILES string of the molecule is COc1cc(CO)ccc1NC(=O)CCCc1ccc(-c2ccccc2)c(NC(=O)OC2CCN(C)CC2)c1. The summed E-state index contributed by atoms with van der Waals surface area (Å²) in [7, 11) is 3.60. The van der Waals surface area contributed by atoms with Crippen molar-refractivity contribution in [1.82, 2.24) is 4.90 Å². The lowest BCUT2D eigenvalue weighted by Crippen LogP contribution is -2.36. The third-order valence-electron chi connectivity index (χ3n) is 6.94. The first-order valence-electron chi connectivity index (χ1n) is 13.4. The van der Waals surface area contributed by atoms with E-state index in [4.69, 9.17) is 9.47 Å². The van der Waals surface area contributed by atoms with Gasteiger partial charge in [-0.05, 0) is 67.6 Å². The molecule has 8 heteroatoms. The molecule has 1 saturated heterocycles. The van der Waals surface area contributed by atoms with Crippen LogP contribution < -0.4 is 15.4 Å². The topological polar surface area (TPSA) is 100 Å². The van der Waals surface area contributed by atoms with Crippen LogP contribution in [0.4, 0.5) is 16.2 Å². The monoisotopic (exact) mass is 531 g/mol. The Labute approximate surface area is 229 Å². The van der Waals surface area contributed by atoms with Crippen LogP contribution in [0.15, 0.2) is 66.7 Å². The summed E-state index contributed by atoms with van der Waals surface area (Å²) in [5, 5.41) is 15.2. The molecule has 3 aromatic carbocycles. The summed E-state index contributed by atoms with van der Waals surface area (Å²) >= 11 is 0. The van der Waals surface area contributed by atoms with Crippen LogP contribution in [0, 0.1) is 0 Å². The molecule has 3 aromatic rings. The van der Waals surface area contributed by atoms with Gasteiger partial charge in [-0.25, -0.2) is 4.79 Å². The number of nitrogens with one attached hydrogen (secondary N) is 2. The van der Waals surface area contributed by atoms with E-state index in [1.54, 1.807) is 18.2 Å². The molecular formula is C31H37N3O5. The molecule has 0 unspecified atom stereocenters. The molecule has 0 bridgehead atoms. The van der Waals surface area contributed by atoms with Crippen LogP contribution in [0.25, 0.3) is 11.1 Å². The molecule has 0 radical (unpaired) electrons. The van der Waals surface area contributed by atoms with Crippen LogP contribution in [-0.4, -0.2) is 55.4 Å². The number of piperidine rings is 1. The second-order valence-electron chi connectivity index (χ2n) is 9.87. The quantitative estimate of drug-likeness (QED) is 0.321. The number of ether oxygens (including phenoxy) is 2. The molecule has 0 aromatic heterocycles. The van der Waals surface area contributed by atoms with Gasteiger partial charge in [0.1, 0.15) is 11.9 Å². The molecule has 4 rings (SSSR count). The van der Waals surface area contributed by atoms with Crippen LogP contribution in [-0.2, 0) is 22.6 Å². The van der Waals surface area contributed by atoms with E-state index in [2.05, 4.69) is 22.6 Å². The zero-order valence-corrected chi connectivity index (χ0v) is 22.6. The van der Waals surface area contributed by atoms with Gasteiger partial charge < -0.3 is 24.8 Å². The summed E-state index contributed by atoms with van der Waals surface area (Å²) in [6, 6.07) is 21.1. The van der Waals surface area contributed by atoms with E-state index in [1.165, 1.54) is 7.11 Å². The first-order chi connectivity index (χ1) is 18.9. The first kappa shape index (κ1) is 28.1. The van der Waals surface area contributed by atoms with Gasteiger partial charge in [-0.15, -0.1) is 0 Å². The highest BCUT2D eigenvalue weighted by molar-refractivity contribution is 5.93. The van der Waals surface area contributed by atoms with Crippen molar-refractivity contribution in [3.8, 4) is 16.9 Å². The van der Waals surface area contributed by atoms with E-state index in [9.17, 15) is 14.7 Å². The maximum atomic E-state index is 12.8. The Hall–Kier alpha value is -3.88. The van der Waals surface area contributed by atoms with Crippen LogP contribution in [0.5, 0.6) is 5.75 Å². The number of hydrogen-bond donors (Lipinski definition) is 3. The number of nitrogens with zero attached hydrogens (tertiary/aromatic N) is 1. The second-order valence-corrected chi connectivity index (χ2v) is 9.87. The van der Waals surface area contributed by atoms with E-state index in [0.717, 1.165) is 42.6 Å². The van der Waals surface area contributed by atoms with Crippen LogP contribution in [0.2, 0.25) is 0 Å². The normalized spacial score (nSPS) is 14.0. The molecule has 0 aliphatic carbocycles. The summed E-state index contributed by atoms with van der Waals surface area (Å²) < 4.78 is 11.1. The smallest absolute Gasteiger partial charge is 0.411 e. The van der Waals surface area contributed by atoms with Gasteiger partial charge >= 0.3 is 6.09 Å². The number of aliphatic hydroxyl groups is 1. The molecule has 1 heterocycles. The predicted molar refractivity (Wildman–Crippen MR) is 153 cm³/mol. The average molecular weight is 532 g/mol. The van der Waals surface area contributed by atoms with Crippen molar-refractivity contribution in [3.05, 3.63) is 77.9 Å². The molecule has 39 heavy (non-hydrogen) atoms. The van der Waals surface area contributed by atoms with Crippen LogP contribution >= 0.6 is 0 Å². The van der Waals surface area contributed by atoms with E-state index in [1.807, 2.05) is 48.5 Å². The zero-order valence-electron chi connectivity index (χ0n) is 22.6. The molecule has 0 spiro atoms. The van der Waals surface area contributed by atoms with E-state index in [-0.39, 0.29) is 18.6 Å². The van der Waals surface area contributed by atoms with Crippen molar-refractivity contribution in [2.24, 2.45) is 0 Å². The summed E-state index contributed by atoms with van der Waals surface area (Å²) in [5.74, 6) is 0.389. The number of amides is 2. The summed E-state index contributed by atoms with van der Waals surface area (Å²) in [6.07, 6.45) is 2.76. The fourth-order valence-electron chi connectivity index (χ4n) is 4.72. The van der Waals surface area contributed by atoms with Crippen molar-refractivity contribution < 1.29 is 24.2 Å². The molecule has 1 fully saturated rings. The molecule has 0 saturated carbocycles. The van der Waals surface area contributed by atoms with Gasteiger partial charge in [-0.1, -0.05) is 48.5 Å². The van der Waals surface area contributed by atoms with Crippen molar-refractivity contribution in [3.63, 3.8) is 0 Å². The number of carbonyl (C=O) groups excluding carboxylic acids is 2. The lowest BCUT2D eigenvalue weighted by Gasteiger charge is -2.28. The highest BCUT2D eigenvalue weighted by atomic mass is 16.6. The maximum absolute atomic E-state index is 12.8. The molecule has 1 aliphatic heterocycles. The van der Waals surface area contributed by atoms with E-state index in [0.29, 0.717) is 42.0 Å². The van der Waals surface area contributed by atoms with Gasteiger partial charge in [0.2, 0.25) is 5.91 Å². The number of aliphatic hydroxyl groups excluding tert-OH is 1. The van der Waals surface area contributed by atoms with Crippen molar-refractivity contribution in [2.75, 3.05) is 37.9 Å². The first-order valence-corrected chi connectivity index (χ1v) is 13.4. The third-order valence-corrected chi connectivity index (χ3v) is 6.94. The minimum Gasteiger partial charge on any atom is -0.495 e. The Morgan fingerprint density at radius 1 is 0.949 bits per heavy atom. The summed E-state index contributed by atoms with van der Waals surface area (Å²) in [6.45, 7) is 1.73. The number of aryl methyl sites for hydroxylation is 1. The lowest BCUT2D eigenvalue weighted by atomic mass is 9.99. The fourth-order valence-corrected chi connectivity index (χ4v) is 4.72. The van der Waals surface area contributed by atoms with Crippen LogP contribution in [0.1, 0.15) is 36.8 Å². The molecule has 1 aliphatic rings. The van der Waals surface area contributed by atoms with E-state index >= 15 is 0 Å². The van der Waals surface area contributed by atoms with Gasteiger partial charge in [-0.2, -0.15) is 0 Å². The van der Waals surface area contributed by atoms with E-state index < -0.39 is 6.09 Å². The summed E-state index contributed by atoms with van der Waals surface area (Å²) in [4.78, 5) is 27.6. The largest absolute Gasteiger partial charge is 0.495 e. The number of likely N-dealkylation sites (tertiary alicyclic amines) is 1. The fraction of sp³-hybridized carbons (Fsp3) is 0.355. The Morgan fingerprint density at radius 3 is 2.41 bits per heavy atom. The predicted octanol–water partition coefficient (Wildman–Crippen LogP) is 5.46. The minimum atomic E-state index is -0.445. The van der Waals surface area contributed by atoms with Gasteiger partial charge in [0.25, 0.3) is 0 Å². The highest BCUT2D eigenvalue weighted by Crippen LogP contribution is 2.30. The van der Waals surface area contributed by atoms with Gasteiger partial charge in [0.15, 0.2) is 0 Å². The Kier molecular flexibility index (Phi) is 9.94. The zero-order chi connectivity index (χ0) is 27.6. The number of carbonyl (C=O) groups is 2. The Morgan fingerprint density at radius 2 is 1.69 bits per heavy atom. The van der Waals surface area contributed by atoms with Crippen molar-refractivity contribution in [2.45, 2.75) is 44.8 Å². The molecule has 0 atom stereocenters. The standard InChI is InChI=1S/C31H37N3O5/c1-34-17-15-25(16-18-34)39-31(37)33-28-19-22(11-13-26(28)24-8-4-3-5-9-24)7-6-10-30(36)32-27-14-12-23(21-35)20-29(27)38-2/h3-5,8-9,11-14,19-20,25,35H,6-7,10,15-18,21H2,1-2H3,(H,32,36)(H,33,37). The number of methoxy groups -OCH3 is 1. The highest BCUT2D eigenvalue weighted by Gasteiger charge is 2.21. The molecule has 2 amide bonds. The Bertz CT molecular complexity index is 1260. The number of hydrogen-bond acceptors (Lipinski definition) is 6. The second kappa shape index (κ2) is 13.8. The maximum Gasteiger partial charge on any atom is 0.411 e. The third kappa shape index (κ3) is 8.05. The van der Waals surface area contributed by atoms with Gasteiger partial charge in [0.05, 0.1) is 25.1 Å². The minimum absolute atomic E-state index is 0.0819. The average Bonchev–Trinajstić information content (AvgIpc) is 2.95. The van der Waals surface area contributed by atoms with Crippen molar-refractivity contribution >= 4 is 23.4 Å². The number of rotatable bonds is 10. The van der Waals surface area contributed by atoms with Gasteiger partial charge in [-0.3, -0.25) is 10.1 Å². The number of anilines is 2. The van der Waals surface area contributed by atoms with Crippen molar-refractivity contribution in [1.29, 1.82) is 0 Å². The molecule has 8 nitrogen and oxygen atoms in total. The Balaban J connectivity index is 1.39. The summed E-state index contributed by atoms with van der Waals surface area (Å²) in [5.41, 5.74) is 4.90. The van der Waals surface area contributed by atoms with Crippen LogP contribution in [0.3, 0.4) is 0 Å².